The normalized spacial score (nSPS) is 12.5. The van der Waals surface area contributed by atoms with Crippen LogP contribution in [0.1, 0.15) is 11.5 Å². The Morgan fingerprint density at radius 2 is 2.00 bits per heavy atom. The fourth-order valence-corrected chi connectivity index (χ4v) is 1.64. The lowest BCUT2D eigenvalue weighted by molar-refractivity contribution is -0.138. The van der Waals surface area contributed by atoms with Crippen molar-refractivity contribution in [1.29, 1.82) is 0 Å². The second-order valence-corrected chi connectivity index (χ2v) is 3.24. The number of benzene rings is 1. The smallest absolute Gasteiger partial charge is 0.311 e. The summed E-state index contributed by atoms with van der Waals surface area (Å²) in [6, 6.07) is 5.48. The highest BCUT2D eigenvalue weighted by atomic mass is 79.9. The lowest BCUT2D eigenvalue weighted by Gasteiger charge is -2.08. The first-order chi connectivity index (χ1) is 6.15. The first-order valence-electron chi connectivity index (χ1n) is 3.69. The summed E-state index contributed by atoms with van der Waals surface area (Å²) in [6.07, 6.45) is 0. The molecule has 0 heterocycles. The highest BCUT2D eigenvalue weighted by Crippen LogP contribution is 2.18. The van der Waals surface area contributed by atoms with Gasteiger partial charge in [0.2, 0.25) is 0 Å². The molecule has 1 aromatic carbocycles. The van der Waals surface area contributed by atoms with Crippen LogP contribution in [0.3, 0.4) is 0 Å². The highest BCUT2D eigenvalue weighted by molar-refractivity contribution is 9.09. The lowest BCUT2D eigenvalue weighted by Crippen LogP contribution is -2.12. The van der Waals surface area contributed by atoms with E-state index in [0.29, 0.717) is 10.9 Å². The maximum atomic E-state index is 12.5. The molecule has 0 fully saturated rings. The minimum Gasteiger partial charge on any atom is -0.481 e. The molecule has 1 aromatic rings. The van der Waals surface area contributed by atoms with Crippen LogP contribution in [-0.4, -0.2) is 16.4 Å². The van der Waals surface area contributed by atoms with Gasteiger partial charge in [-0.15, -0.1) is 0 Å². The van der Waals surface area contributed by atoms with Gasteiger partial charge in [-0.3, -0.25) is 4.79 Å². The predicted octanol–water partition coefficient (Wildman–Crippen LogP) is 2.39. The summed E-state index contributed by atoms with van der Waals surface area (Å²) < 4.78 is 12.5. The zero-order valence-corrected chi connectivity index (χ0v) is 8.29. The van der Waals surface area contributed by atoms with Gasteiger partial charge in [0.1, 0.15) is 5.82 Å². The van der Waals surface area contributed by atoms with E-state index in [1.807, 2.05) is 0 Å². The van der Waals surface area contributed by atoms with Crippen molar-refractivity contribution in [3.05, 3.63) is 35.6 Å². The van der Waals surface area contributed by atoms with Crippen molar-refractivity contribution < 1.29 is 14.3 Å². The third-order valence-electron chi connectivity index (χ3n) is 1.72. The van der Waals surface area contributed by atoms with Gasteiger partial charge in [0, 0.05) is 5.33 Å². The molecule has 4 heteroatoms. The second kappa shape index (κ2) is 4.37. The summed E-state index contributed by atoms with van der Waals surface area (Å²) in [6.45, 7) is 0. The number of carbonyl (C=O) groups is 1. The van der Waals surface area contributed by atoms with Gasteiger partial charge in [0.25, 0.3) is 0 Å². The number of aliphatic carboxylic acids is 1. The Morgan fingerprint density at radius 1 is 1.46 bits per heavy atom. The van der Waals surface area contributed by atoms with Gasteiger partial charge in [0.15, 0.2) is 0 Å². The average Bonchev–Trinajstić information content (AvgIpc) is 2.09. The first kappa shape index (κ1) is 10.2. The molecule has 70 valence electrons. The topological polar surface area (TPSA) is 37.3 Å². The van der Waals surface area contributed by atoms with Gasteiger partial charge in [-0.25, -0.2) is 4.39 Å². The van der Waals surface area contributed by atoms with Crippen molar-refractivity contribution in [2.24, 2.45) is 0 Å². The third-order valence-corrected chi connectivity index (χ3v) is 2.37. The molecular weight excluding hydrogens is 239 g/mol. The lowest BCUT2D eigenvalue weighted by atomic mass is 10.0. The van der Waals surface area contributed by atoms with Crippen molar-refractivity contribution >= 4 is 21.9 Å². The van der Waals surface area contributed by atoms with Crippen molar-refractivity contribution in [2.45, 2.75) is 5.92 Å². The van der Waals surface area contributed by atoms with Crippen LogP contribution in [0.4, 0.5) is 4.39 Å². The molecule has 2 nitrogen and oxygen atoms in total. The number of hydrogen-bond donors (Lipinski definition) is 1. The second-order valence-electron chi connectivity index (χ2n) is 2.60. The minimum absolute atomic E-state index is 0.327. The summed E-state index contributed by atoms with van der Waals surface area (Å²) in [5.74, 6) is -1.88. The average molecular weight is 247 g/mol. The molecular formula is C9H8BrFO2. The number of carboxylic acids is 1. The summed E-state index contributed by atoms with van der Waals surface area (Å²) in [5.41, 5.74) is 0.603. The van der Waals surface area contributed by atoms with Gasteiger partial charge in [-0.1, -0.05) is 28.1 Å². The van der Waals surface area contributed by atoms with Crippen LogP contribution in [0.5, 0.6) is 0 Å². The van der Waals surface area contributed by atoms with Crippen LogP contribution in [-0.2, 0) is 4.79 Å². The van der Waals surface area contributed by atoms with Crippen LogP contribution in [0.15, 0.2) is 24.3 Å². The van der Waals surface area contributed by atoms with E-state index in [9.17, 15) is 9.18 Å². The molecule has 1 N–H and O–H groups in total. The van der Waals surface area contributed by atoms with E-state index in [4.69, 9.17) is 5.11 Å². The molecule has 1 unspecified atom stereocenters. The summed E-state index contributed by atoms with van der Waals surface area (Å²) in [5, 5.41) is 9.10. The van der Waals surface area contributed by atoms with Gasteiger partial charge in [-0.2, -0.15) is 0 Å². The van der Waals surface area contributed by atoms with Crippen LogP contribution >= 0.6 is 15.9 Å². The molecule has 0 spiro atoms. The fourth-order valence-electron chi connectivity index (χ4n) is 0.993. The van der Waals surface area contributed by atoms with E-state index in [1.54, 1.807) is 0 Å². The largest absolute Gasteiger partial charge is 0.481 e. The van der Waals surface area contributed by atoms with Gasteiger partial charge in [0.05, 0.1) is 5.92 Å². The number of hydrogen-bond acceptors (Lipinski definition) is 1. The number of carboxylic acid groups (broad SMARTS) is 1. The van der Waals surface area contributed by atoms with Crippen LogP contribution in [0.25, 0.3) is 0 Å². The monoisotopic (exact) mass is 246 g/mol. The Bertz CT molecular complexity index is 297. The van der Waals surface area contributed by atoms with Crippen LogP contribution in [0, 0.1) is 5.82 Å². The molecule has 0 aliphatic heterocycles. The Balaban J connectivity index is 2.92. The van der Waals surface area contributed by atoms with Crippen molar-refractivity contribution in [2.75, 3.05) is 5.33 Å². The zero-order chi connectivity index (χ0) is 9.84. The van der Waals surface area contributed by atoms with E-state index in [-0.39, 0.29) is 5.82 Å². The summed E-state index contributed by atoms with van der Waals surface area (Å²) in [4.78, 5) is 10.7. The Labute approximate surface area is 83.5 Å². The number of alkyl halides is 1. The molecule has 0 saturated carbocycles. The number of rotatable bonds is 3. The Morgan fingerprint density at radius 3 is 2.38 bits per heavy atom. The van der Waals surface area contributed by atoms with Gasteiger partial charge in [-0.05, 0) is 17.7 Å². The molecule has 0 aromatic heterocycles. The van der Waals surface area contributed by atoms with Crippen LogP contribution < -0.4 is 0 Å². The molecule has 0 aliphatic rings. The quantitative estimate of drug-likeness (QED) is 0.832. The van der Waals surface area contributed by atoms with Crippen molar-refractivity contribution in [3.8, 4) is 0 Å². The van der Waals surface area contributed by atoms with Gasteiger partial charge >= 0.3 is 5.97 Å². The molecule has 1 rings (SSSR count). The molecule has 0 radical (unpaired) electrons. The standard InChI is InChI=1S/C9H8BrFO2/c10-5-8(9(12)13)6-1-3-7(11)4-2-6/h1-4,8H,5H2,(H,12,13). The zero-order valence-electron chi connectivity index (χ0n) is 6.71. The summed E-state index contributed by atoms with van der Waals surface area (Å²) >= 11 is 3.10. The third kappa shape index (κ3) is 2.52. The molecule has 0 amide bonds. The molecule has 0 aliphatic carbocycles. The maximum Gasteiger partial charge on any atom is 0.311 e. The molecule has 0 bridgehead atoms. The van der Waals surface area contributed by atoms with Crippen molar-refractivity contribution in [1.82, 2.24) is 0 Å². The number of halogens is 2. The fraction of sp³-hybridized carbons (Fsp3) is 0.222. The van der Waals surface area contributed by atoms with E-state index >= 15 is 0 Å². The molecule has 0 saturated heterocycles. The Hall–Kier alpha value is -0.900. The van der Waals surface area contributed by atoms with Crippen molar-refractivity contribution in [3.63, 3.8) is 0 Å². The van der Waals surface area contributed by atoms with E-state index < -0.39 is 11.9 Å². The van der Waals surface area contributed by atoms with E-state index in [1.165, 1.54) is 24.3 Å². The molecule has 13 heavy (non-hydrogen) atoms. The SMILES string of the molecule is O=C(O)C(CBr)c1ccc(F)cc1. The Kier molecular flexibility index (Phi) is 3.42. The van der Waals surface area contributed by atoms with Crippen LogP contribution in [0.2, 0.25) is 0 Å². The van der Waals surface area contributed by atoms with E-state index in [2.05, 4.69) is 15.9 Å². The first-order valence-corrected chi connectivity index (χ1v) is 4.81. The molecule has 1 atom stereocenters. The predicted molar refractivity (Wildman–Crippen MR) is 50.6 cm³/mol. The summed E-state index contributed by atoms with van der Waals surface area (Å²) in [7, 11) is 0. The minimum atomic E-state index is -0.913. The maximum absolute atomic E-state index is 12.5. The highest BCUT2D eigenvalue weighted by Gasteiger charge is 2.17. The van der Waals surface area contributed by atoms with Gasteiger partial charge < -0.3 is 5.11 Å². The van der Waals surface area contributed by atoms with E-state index in [0.717, 1.165) is 0 Å².